The number of methoxy groups -OCH3 is 1. The molecule has 118 valence electrons. The number of terminal acetylenes is 1. The summed E-state index contributed by atoms with van der Waals surface area (Å²) in [5.74, 6) is 2.40. The number of hydrogen-bond acceptors (Lipinski definition) is 4. The highest BCUT2D eigenvalue weighted by molar-refractivity contribution is 5.06. The van der Waals surface area contributed by atoms with Crippen LogP contribution in [-0.4, -0.2) is 60.7 Å². The summed E-state index contributed by atoms with van der Waals surface area (Å²) >= 11 is 0. The molecule has 0 amide bonds. The van der Waals surface area contributed by atoms with E-state index < -0.39 is 6.10 Å². The lowest BCUT2D eigenvalue weighted by molar-refractivity contribution is 0.0240. The molecular formula is C16H26N2O3. The summed E-state index contributed by atoms with van der Waals surface area (Å²) in [4.78, 5) is 2.21. The molecule has 1 rings (SSSR count). The van der Waals surface area contributed by atoms with E-state index in [1.54, 1.807) is 7.11 Å². The Morgan fingerprint density at radius 3 is 2.95 bits per heavy atom. The van der Waals surface area contributed by atoms with Crippen LogP contribution in [0.15, 0.2) is 18.3 Å². The second-order valence-electron chi connectivity index (χ2n) is 5.06. The molecule has 0 aliphatic heterocycles. The number of aliphatic hydroxyl groups is 1. The van der Waals surface area contributed by atoms with E-state index in [1.807, 2.05) is 19.3 Å². The fraction of sp³-hybridized carbons (Fsp3) is 0.625. The van der Waals surface area contributed by atoms with Crippen molar-refractivity contribution in [1.82, 2.24) is 9.47 Å². The molecule has 1 aromatic rings. The second kappa shape index (κ2) is 10.4. The van der Waals surface area contributed by atoms with Crippen LogP contribution in [0, 0.1) is 12.3 Å². The molecule has 0 unspecified atom stereocenters. The zero-order valence-electron chi connectivity index (χ0n) is 13.0. The van der Waals surface area contributed by atoms with Gasteiger partial charge in [-0.05, 0) is 18.6 Å². The van der Waals surface area contributed by atoms with Crippen molar-refractivity contribution in [3.05, 3.63) is 24.0 Å². The highest BCUT2D eigenvalue weighted by atomic mass is 16.5. The lowest BCUT2D eigenvalue weighted by Crippen LogP contribution is -2.36. The molecule has 0 saturated heterocycles. The van der Waals surface area contributed by atoms with Gasteiger partial charge in [0, 0.05) is 52.3 Å². The van der Waals surface area contributed by atoms with E-state index in [1.165, 1.54) is 5.69 Å². The normalized spacial score (nSPS) is 12.5. The van der Waals surface area contributed by atoms with Crippen molar-refractivity contribution in [2.45, 2.75) is 19.1 Å². The molecule has 1 atom stereocenters. The van der Waals surface area contributed by atoms with Crippen molar-refractivity contribution in [3.8, 4) is 12.3 Å². The predicted molar refractivity (Wildman–Crippen MR) is 82.8 cm³/mol. The smallest absolute Gasteiger partial charge is 0.107 e. The number of nitrogens with zero attached hydrogens (tertiary/aromatic N) is 2. The van der Waals surface area contributed by atoms with Gasteiger partial charge < -0.3 is 19.1 Å². The molecule has 0 radical (unpaired) electrons. The topological polar surface area (TPSA) is 46.9 Å². The van der Waals surface area contributed by atoms with Crippen molar-refractivity contribution in [2.75, 3.05) is 40.0 Å². The monoisotopic (exact) mass is 294 g/mol. The molecule has 0 bridgehead atoms. The number of aryl methyl sites for hydroxylation is 1. The van der Waals surface area contributed by atoms with Crippen LogP contribution < -0.4 is 0 Å². The second-order valence-corrected chi connectivity index (χ2v) is 5.06. The number of rotatable bonds is 11. The van der Waals surface area contributed by atoms with Crippen LogP contribution in [0.5, 0.6) is 0 Å². The third-order valence-electron chi connectivity index (χ3n) is 3.22. The van der Waals surface area contributed by atoms with Crippen LogP contribution in [0.1, 0.15) is 12.1 Å². The summed E-state index contributed by atoms with van der Waals surface area (Å²) < 4.78 is 12.4. The van der Waals surface area contributed by atoms with E-state index in [2.05, 4.69) is 21.5 Å². The van der Waals surface area contributed by atoms with Gasteiger partial charge in [-0.2, -0.15) is 0 Å². The lowest BCUT2D eigenvalue weighted by Gasteiger charge is -2.25. The average Bonchev–Trinajstić information content (AvgIpc) is 2.85. The van der Waals surface area contributed by atoms with E-state index in [0.29, 0.717) is 13.2 Å². The van der Waals surface area contributed by atoms with Gasteiger partial charge in [-0.15, -0.1) is 6.42 Å². The van der Waals surface area contributed by atoms with Gasteiger partial charge in [0.15, 0.2) is 0 Å². The first-order chi connectivity index (χ1) is 10.2. The van der Waals surface area contributed by atoms with Crippen LogP contribution in [0.3, 0.4) is 0 Å². The summed E-state index contributed by atoms with van der Waals surface area (Å²) in [6, 6.07) is 4.11. The Labute approximate surface area is 127 Å². The Balaban J connectivity index is 2.47. The number of hydrogen-bond donors (Lipinski definition) is 1. The molecule has 0 aromatic carbocycles. The van der Waals surface area contributed by atoms with Crippen molar-refractivity contribution in [2.24, 2.45) is 7.05 Å². The van der Waals surface area contributed by atoms with Crippen LogP contribution in [-0.2, 0) is 23.1 Å². The summed E-state index contributed by atoms with van der Waals surface area (Å²) in [5, 5.41) is 10.0. The number of aromatic nitrogens is 1. The molecular weight excluding hydrogens is 268 g/mol. The summed E-state index contributed by atoms with van der Waals surface area (Å²) in [6.45, 7) is 3.42. The molecule has 0 saturated carbocycles. The average molecular weight is 294 g/mol. The standard InChI is InChI=1S/C16H26N2O3/c1-4-10-21-14-16(19)13-18(9-6-11-20-3)12-15-7-5-8-17(15)2/h1,5,7-8,16,19H,6,9-14H2,2-3H3/t16-/m1/s1. The maximum atomic E-state index is 10.0. The van der Waals surface area contributed by atoms with Gasteiger partial charge >= 0.3 is 0 Å². The molecule has 1 heterocycles. The van der Waals surface area contributed by atoms with E-state index in [4.69, 9.17) is 15.9 Å². The molecule has 0 aliphatic carbocycles. The zero-order chi connectivity index (χ0) is 15.5. The Hall–Kier alpha value is -1.32. The van der Waals surface area contributed by atoms with Crippen molar-refractivity contribution < 1.29 is 14.6 Å². The van der Waals surface area contributed by atoms with Gasteiger partial charge in [-0.25, -0.2) is 0 Å². The van der Waals surface area contributed by atoms with Crippen molar-refractivity contribution in [3.63, 3.8) is 0 Å². The maximum Gasteiger partial charge on any atom is 0.107 e. The molecule has 5 heteroatoms. The maximum absolute atomic E-state index is 10.0. The number of aliphatic hydroxyl groups excluding tert-OH is 1. The van der Waals surface area contributed by atoms with Crippen LogP contribution >= 0.6 is 0 Å². The lowest BCUT2D eigenvalue weighted by atomic mass is 10.2. The van der Waals surface area contributed by atoms with Crippen LogP contribution in [0.25, 0.3) is 0 Å². The minimum Gasteiger partial charge on any atom is -0.389 e. The predicted octanol–water partition coefficient (Wildman–Crippen LogP) is 0.874. The first kappa shape index (κ1) is 17.7. The minimum absolute atomic E-state index is 0.235. The molecule has 0 fully saturated rings. The Bertz CT molecular complexity index is 425. The van der Waals surface area contributed by atoms with Crippen LogP contribution in [0.4, 0.5) is 0 Å². The largest absolute Gasteiger partial charge is 0.389 e. The van der Waals surface area contributed by atoms with E-state index in [9.17, 15) is 5.11 Å². The molecule has 0 spiro atoms. The Morgan fingerprint density at radius 1 is 1.52 bits per heavy atom. The Kier molecular flexibility index (Phi) is 8.79. The molecule has 21 heavy (non-hydrogen) atoms. The first-order valence-corrected chi connectivity index (χ1v) is 7.18. The number of ether oxygens (including phenoxy) is 2. The van der Waals surface area contributed by atoms with Gasteiger partial charge in [-0.1, -0.05) is 5.92 Å². The van der Waals surface area contributed by atoms with E-state index in [0.717, 1.165) is 19.5 Å². The fourth-order valence-corrected chi connectivity index (χ4v) is 2.16. The van der Waals surface area contributed by atoms with Gasteiger partial charge in [0.25, 0.3) is 0 Å². The minimum atomic E-state index is -0.541. The third-order valence-corrected chi connectivity index (χ3v) is 3.22. The summed E-state index contributed by atoms with van der Waals surface area (Å²) in [6.07, 6.45) is 7.53. The quantitative estimate of drug-likeness (QED) is 0.486. The van der Waals surface area contributed by atoms with Crippen molar-refractivity contribution in [1.29, 1.82) is 0 Å². The van der Waals surface area contributed by atoms with E-state index >= 15 is 0 Å². The molecule has 1 N–H and O–H groups in total. The summed E-state index contributed by atoms with van der Waals surface area (Å²) in [7, 11) is 3.72. The van der Waals surface area contributed by atoms with Gasteiger partial charge in [0.1, 0.15) is 6.61 Å². The first-order valence-electron chi connectivity index (χ1n) is 7.18. The molecule has 0 aliphatic rings. The van der Waals surface area contributed by atoms with E-state index in [-0.39, 0.29) is 13.2 Å². The van der Waals surface area contributed by atoms with Crippen molar-refractivity contribution >= 4 is 0 Å². The third kappa shape index (κ3) is 7.30. The highest BCUT2D eigenvalue weighted by Crippen LogP contribution is 2.07. The SMILES string of the molecule is C#CCOC[C@H](O)CN(CCCOC)Cc1cccn1C. The Morgan fingerprint density at radius 2 is 2.33 bits per heavy atom. The summed E-state index contributed by atoms with van der Waals surface area (Å²) in [5.41, 5.74) is 1.21. The van der Waals surface area contributed by atoms with Crippen LogP contribution in [0.2, 0.25) is 0 Å². The molecule has 1 aromatic heterocycles. The fourth-order valence-electron chi connectivity index (χ4n) is 2.16. The van der Waals surface area contributed by atoms with Gasteiger partial charge in [0.05, 0.1) is 12.7 Å². The highest BCUT2D eigenvalue weighted by Gasteiger charge is 2.13. The van der Waals surface area contributed by atoms with Gasteiger partial charge in [-0.3, -0.25) is 4.90 Å². The van der Waals surface area contributed by atoms with Gasteiger partial charge in [0.2, 0.25) is 0 Å². The zero-order valence-corrected chi connectivity index (χ0v) is 13.0. The molecule has 5 nitrogen and oxygen atoms in total.